The maximum atomic E-state index is 12.8. The van der Waals surface area contributed by atoms with Crippen molar-refractivity contribution in [2.24, 2.45) is 10.8 Å². The fraction of sp³-hybridized carbons (Fsp3) is 0.200. The average molecular weight is 361 g/mol. The normalized spacial score (nSPS) is 15.8. The molecule has 0 aromatic heterocycles. The molecular weight excluding hydrogens is 342 g/mol. The number of rotatable bonds is 5. The second-order valence-corrected chi connectivity index (χ2v) is 6.32. The largest absolute Gasteiger partial charge is 0.368 e. The Morgan fingerprint density at radius 1 is 1.22 bits per heavy atom. The highest BCUT2D eigenvalue weighted by molar-refractivity contribution is 6.40. The number of nitriles is 1. The Morgan fingerprint density at radius 2 is 1.89 bits per heavy atom. The van der Waals surface area contributed by atoms with E-state index in [2.05, 4.69) is 11.2 Å². The van der Waals surface area contributed by atoms with Gasteiger partial charge in [-0.3, -0.25) is 14.6 Å². The molecule has 2 N–H and O–H groups in total. The molecule has 0 radical (unpaired) electrons. The number of para-hydroxylation sites is 1. The lowest BCUT2D eigenvalue weighted by Gasteiger charge is -2.20. The van der Waals surface area contributed by atoms with Gasteiger partial charge in [0.25, 0.3) is 5.91 Å². The fourth-order valence-electron chi connectivity index (χ4n) is 2.93. The van der Waals surface area contributed by atoms with Crippen LogP contribution < -0.4 is 10.7 Å². The first-order valence-corrected chi connectivity index (χ1v) is 8.45. The smallest absolute Gasteiger partial charge is 0.270 e. The molecule has 1 atom stereocenters. The molecule has 1 unspecified atom stereocenters. The Kier molecular flexibility index (Phi) is 5.18. The summed E-state index contributed by atoms with van der Waals surface area (Å²) in [6.07, 6.45) is 0.167. The zero-order valence-electron chi connectivity index (χ0n) is 14.9. The number of nitrogens with zero attached hydrogens (tertiary/aromatic N) is 4. The van der Waals surface area contributed by atoms with Crippen LogP contribution in [0.25, 0.3) is 0 Å². The highest BCUT2D eigenvalue weighted by Gasteiger charge is 2.35. The first-order chi connectivity index (χ1) is 13.0. The lowest BCUT2D eigenvalue weighted by atomic mass is 10.1. The number of hydrogen-bond donors (Lipinski definition) is 1. The lowest BCUT2D eigenvalue weighted by Crippen LogP contribution is -2.40. The van der Waals surface area contributed by atoms with E-state index in [-0.39, 0.29) is 12.3 Å². The van der Waals surface area contributed by atoms with E-state index >= 15 is 0 Å². The molecule has 0 spiro atoms. The topological polar surface area (TPSA) is 103 Å². The molecule has 0 aliphatic carbocycles. The van der Waals surface area contributed by atoms with Gasteiger partial charge >= 0.3 is 0 Å². The summed E-state index contributed by atoms with van der Waals surface area (Å²) in [7, 11) is 1.67. The molecule has 0 saturated carbocycles. The van der Waals surface area contributed by atoms with E-state index in [1.165, 1.54) is 9.91 Å². The van der Waals surface area contributed by atoms with E-state index in [1.54, 1.807) is 31.3 Å². The van der Waals surface area contributed by atoms with Crippen molar-refractivity contribution in [3.05, 3.63) is 65.7 Å². The number of carbonyl (C=O) groups is 2. The molecule has 3 rings (SSSR count). The Labute approximate surface area is 157 Å². The third-order valence-corrected chi connectivity index (χ3v) is 4.36. The van der Waals surface area contributed by atoms with Gasteiger partial charge in [0.15, 0.2) is 0 Å². The van der Waals surface area contributed by atoms with Crippen molar-refractivity contribution in [2.45, 2.75) is 19.0 Å². The molecule has 0 saturated heterocycles. The van der Waals surface area contributed by atoms with E-state index in [4.69, 9.17) is 11.0 Å². The van der Waals surface area contributed by atoms with E-state index in [0.717, 1.165) is 5.56 Å². The minimum absolute atomic E-state index is 0.167. The zero-order chi connectivity index (χ0) is 19.4. The van der Waals surface area contributed by atoms with Crippen LogP contribution in [0.2, 0.25) is 0 Å². The third kappa shape index (κ3) is 3.96. The summed E-state index contributed by atoms with van der Waals surface area (Å²) in [4.78, 5) is 26.1. The monoisotopic (exact) mass is 361 g/mol. The Bertz CT molecular complexity index is 916. The van der Waals surface area contributed by atoms with Crippen molar-refractivity contribution in [3.8, 4) is 6.07 Å². The predicted octanol–water partition coefficient (Wildman–Crippen LogP) is 1.64. The molecule has 0 fully saturated rings. The number of carbonyl (C=O) groups excluding carboxylic acids is 2. The van der Waals surface area contributed by atoms with E-state index < -0.39 is 11.9 Å². The summed E-state index contributed by atoms with van der Waals surface area (Å²) in [5.41, 5.74) is 7.97. The Balaban J connectivity index is 1.76. The van der Waals surface area contributed by atoms with Crippen molar-refractivity contribution in [3.63, 3.8) is 0 Å². The standard InChI is InChI=1S/C20H19N5O2/c1-24(13-15-9-7-14(12-21)8-10-15)20(27)17-11-18(19(22)26)25(23-17)16-5-3-2-4-6-16/h2-10,18H,11,13H2,1H3,(H2,22,26). The van der Waals surface area contributed by atoms with Gasteiger partial charge in [-0.1, -0.05) is 30.3 Å². The molecule has 27 heavy (non-hydrogen) atoms. The van der Waals surface area contributed by atoms with Crippen LogP contribution >= 0.6 is 0 Å². The highest BCUT2D eigenvalue weighted by Crippen LogP contribution is 2.25. The first kappa shape index (κ1) is 18.1. The van der Waals surface area contributed by atoms with Crippen molar-refractivity contribution in [1.82, 2.24) is 4.90 Å². The minimum atomic E-state index is -0.685. The van der Waals surface area contributed by atoms with Gasteiger partial charge < -0.3 is 10.6 Å². The molecule has 2 amide bonds. The molecule has 1 aliphatic rings. The maximum Gasteiger partial charge on any atom is 0.270 e. The lowest BCUT2D eigenvalue weighted by molar-refractivity contribution is -0.123. The summed E-state index contributed by atoms with van der Waals surface area (Å²) >= 11 is 0. The van der Waals surface area contributed by atoms with Crippen LogP contribution in [-0.4, -0.2) is 35.5 Å². The Hall–Kier alpha value is -3.66. The van der Waals surface area contributed by atoms with E-state index in [1.807, 2.05) is 30.3 Å². The van der Waals surface area contributed by atoms with Crippen LogP contribution in [0.3, 0.4) is 0 Å². The summed E-state index contributed by atoms with van der Waals surface area (Å²) in [5.74, 6) is -0.788. The van der Waals surface area contributed by atoms with Gasteiger partial charge in [-0.2, -0.15) is 10.4 Å². The molecule has 136 valence electrons. The van der Waals surface area contributed by atoms with E-state index in [9.17, 15) is 9.59 Å². The van der Waals surface area contributed by atoms with Crippen LogP contribution in [0.15, 0.2) is 59.7 Å². The van der Waals surface area contributed by atoms with Crippen molar-refractivity contribution >= 4 is 23.2 Å². The van der Waals surface area contributed by atoms with Crippen molar-refractivity contribution in [1.29, 1.82) is 5.26 Å². The maximum absolute atomic E-state index is 12.8. The summed E-state index contributed by atoms with van der Waals surface area (Å²) in [5, 5.41) is 14.7. The van der Waals surface area contributed by atoms with Crippen molar-refractivity contribution < 1.29 is 9.59 Å². The molecule has 1 aliphatic heterocycles. The van der Waals surface area contributed by atoms with Crippen LogP contribution in [0, 0.1) is 11.3 Å². The third-order valence-electron chi connectivity index (χ3n) is 4.36. The Morgan fingerprint density at radius 3 is 2.48 bits per heavy atom. The summed E-state index contributed by atoms with van der Waals surface area (Å²) in [6.45, 7) is 0.371. The van der Waals surface area contributed by atoms with Crippen LogP contribution in [0.1, 0.15) is 17.5 Å². The molecular formula is C20H19N5O2. The quantitative estimate of drug-likeness (QED) is 0.874. The molecule has 0 bridgehead atoms. The van der Waals surface area contributed by atoms with Gasteiger partial charge in [0, 0.05) is 20.0 Å². The number of nitrogens with two attached hydrogens (primary N) is 1. The summed E-state index contributed by atoms with van der Waals surface area (Å²) < 4.78 is 0. The van der Waals surface area contributed by atoms with Gasteiger partial charge in [0.05, 0.1) is 17.3 Å². The number of primary amides is 1. The molecule has 7 nitrogen and oxygen atoms in total. The number of hydrazone groups is 1. The molecule has 2 aromatic carbocycles. The molecule has 2 aromatic rings. The summed E-state index contributed by atoms with van der Waals surface area (Å²) in [6, 6.07) is 17.6. The fourth-order valence-corrected chi connectivity index (χ4v) is 2.93. The molecule has 7 heteroatoms. The highest BCUT2D eigenvalue weighted by atomic mass is 16.2. The van der Waals surface area contributed by atoms with Gasteiger partial charge in [0.1, 0.15) is 11.8 Å². The second-order valence-electron chi connectivity index (χ2n) is 6.32. The predicted molar refractivity (Wildman–Crippen MR) is 102 cm³/mol. The van der Waals surface area contributed by atoms with Gasteiger partial charge in [-0.05, 0) is 29.8 Å². The number of anilines is 1. The number of hydrogen-bond acceptors (Lipinski definition) is 5. The number of amides is 2. The minimum Gasteiger partial charge on any atom is -0.368 e. The van der Waals surface area contributed by atoms with Crippen LogP contribution in [-0.2, 0) is 16.1 Å². The van der Waals surface area contributed by atoms with Crippen LogP contribution in [0.5, 0.6) is 0 Å². The van der Waals surface area contributed by atoms with Crippen LogP contribution in [0.4, 0.5) is 5.69 Å². The van der Waals surface area contributed by atoms with E-state index in [0.29, 0.717) is 23.5 Å². The van der Waals surface area contributed by atoms with Crippen molar-refractivity contribution in [2.75, 3.05) is 12.1 Å². The van der Waals surface area contributed by atoms with Gasteiger partial charge in [-0.15, -0.1) is 0 Å². The number of benzene rings is 2. The van der Waals surface area contributed by atoms with Gasteiger partial charge in [0.2, 0.25) is 5.91 Å². The second kappa shape index (κ2) is 7.70. The van der Waals surface area contributed by atoms with Gasteiger partial charge in [-0.25, -0.2) is 0 Å². The SMILES string of the molecule is CN(Cc1ccc(C#N)cc1)C(=O)C1=NN(c2ccccc2)C(C(N)=O)C1. The first-order valence-electron chi connectivity index (χ1n) is 8.45. The molecule has 1 heterocycles. The zero-order valence-corrected chi connectivity index (χ0v) is 14.9. The average Bonchev–Trinajstić information content (AvgIpc) is 3.14.